The van der Waals surface area contributed by atoms with E-state index in [1.807, 2.05) is 6.92 Å². The van der Waals surface area contributed by atoms with Crippen molar-refractivity contribution in [1.29, 1.82) is 0 Å². The Kier molecular flexibility index (Phi) is 92.1. The van der Waals surface area contributed by atoms with Crippen LogP contribution in [0.2, 0.25) is 0 Å². The Morgan fingerprint density at radius 3 is 1.73 bits per heavy atom. The molecule has 0 N–H and O–H groups in total. The number of hydrogen-bond acceptors (Lipinski definition) is 1. The van der Waals surface area contributed by atoms with E-state index in [1.54, 1.807) is 0 Å². The van der Waals surface area contributed by atoms with E-state index in [0.29, 0.717) is 0 Å². The van der Waals surface area contributed by atoms with Gasteiger partial charge in [-0.3, -0.25) is 14.1 Å². The summed E-state index contributed by atoms with van der Waals surface area (Å²) in [5.74, 6) is 0. The fourth-order valence-electron chi connectivity index (χ4n) is 0.391. The third-order valence-electron chi connectivity index (χ3n) is 0.846. The quantitative estimate of drug-likeness (QED) is 0.466. The highest BCUT2D eigenvalue weighted by Gasteiger charge is 1.78. The maximum atomic E-state index is 5.07. The fourth-order valence-corrected chi connectivity index (χ4v) is 0.391. The van der Waals surface area contributed by atoms with Gasteiger partial charge < -0.3 is 4.74 Å². The molecule has 0 unspecified atom stereocenters. The summed E-state index contributed by atoms with van der Waals surface area (Å²) in [6, 6.07) is 0. The highest BCUT2D eigenvalue weighted by Crippen LogP contribution is 1.85. The summed E-state index contributed by atoms with van der Waals surface area (Å²) in [4.78, 5) is 0. The average molecular weight is 173 g/mol. The zero-order valence-electron chi connectivity index (χ0n) is 7.04. The standard InChI is InChI=1S/C6H14O.B.3FH/c1-3-5-6-7-4-2;;;;/h3-6H2,1-2H3;;3*1H. The van der Waals surface area contributed by atoms with Crippen molar-refractivity contribution < 1.29 is 18.9 Å². The van der Waals surface area contributed by atoms with Crippen LogP contribution in [-0.4, -0.2) is 21.6 Å². The summed E-state index contributed by atoms with van der Waals surface area (Å²) in [6.07, 6.45) is 2.44. The molecule has 0 aliphatic carbocycles. The lowest BCUT2D eigenvalue weighted by Gasteiger charge is -1.94. The Morgan fingerprint density at radius 2 is 1.45 bits per heavy atom. The van der Waals surface area contributed by atoms with E-state index in [4.69, 9.17) is 4.74 Å². The Balaban J connectivity index is -0.0000000300. The average Bonchev–Trinajstić information content (AvgIpc) is 1.69. The SMILES string of the molecule is CCCCOCC.F.F.F.[B]. The Bertz CT molecular complexity index is 37.0. The maximum absolute atomic E-state index is 5.07. The molecule has 11 heavy (non-hydrogen) atoms. The summed E-state index contributed by atoms with van der Waals surface area (Å²) in [7, 11) is 0. The van der Waals surface area contributed by atoms with Crippen molar-refractivity contribution in [2.45, 2.75) is 26.7 Å². The van der Waals surface area contributed by atoms with Crippen LogP contribution in [-0.2, 0) is 4.74 Å². The molecule has 0 fully saturated rings. The van der Waals surface area contributed by atoms with Gasteiger partial charge in [-0.2, -0.15) is 0 Å². The summed E-state index contributed by atoms with van der Waals surface area (Å²) in [5.41, 5.74) is 0. The molecule has 0 aliphatic rings. The van der Waals surface area contributed by atoms with Crippen LogP contribution in [0, 0.1) is 0 Å². The van der Waals surface area contributed by atoms with Crippen molar-refractivity contribution in [3.8, 4) is 0 Å². The first-order chi connectivity index (χ1) is 3.41. The lowest BCUT2D eigenvalue weighted by Crippen LogP contribution is -1.90. The van der Waals surface area contributed by atoms with Crippen molar-refractivity contribution in [2.75, 3.05) is 13.2 Å². The third-order valence-corrected chi connectivity index (χ3v) is 0.846. The van der Waals surface area contributed by atoms with Gasteiger partial charge in [0.05, 0.1) is 0 Å². The van der Waals surface area contributed by atoms with Gasteiger partial charge in [0.15, 0.2) is 0 Å². The molecule has 0 aromatic rings. The molecule has 0 aromatic heterocycles. The number of hydrogen-bond donors (Lipinski definition) is 0. The molecule has 0 aromatic carbocycles. The van der Waals surface area contributed by atoms with E-state index < -0.39 is 0 Å². The van der Waals surface area contributed by atoms with E-state index in [2.05, 4.69) is 6.92 Å². The number of ether oxygens (including phenoxy) is 1. The largest absolute Gasteiger partial charge is 0.382 e. The number of rotatable bonds is 4. The lowest BCUT2D eigenvalue weighted by atomic mass is 10.4. The smallest absolute Gasteiger partial charge is 0.0465 e. The van der Waals surface area contributed by atoms with Crippen LogP contribution in [0.3, 0.4) is 0 Å². The molecule has 5 heteroatoms. The molecule has 0 spiro atoms. The van der Waals surface area contributed by atoms with Crippen molar-refractivity contribution in [3.63, 3.8) is 0 Å². The zero-order chi connectivity index (χ0) is 5.54. The summed E-state index contributed by atoms with van der Waals surface area (Å²) >= 11 is 0. The summed E-state index contributed by atoms with van der Waals surface area (Å²) < 4.78 is 5.07. The molecular formula is C6H17BF3O. The summed E-state index contributed by atoms with van der Waals surface area (Å²) in [5, 5.41) is 0. The van der Waals surface area contributed by atoms with Gasteiger partial charge in [-0.1, -0.05) is 13.3 Å². The first-order valence-corrected chi connectivity index (χ1v) is 2.99. The van der Waals surface area contributed by atoms with Gasteiger partial charge in [0.1, 0.15) is 0 Å². The van der Waals surface area contributed by atoms with E-state index in [9.17, 15) is 0 Å². The molecule has 0 saturated heterocycles. The first-order valence-electron chi connectivity index (χ1n) is 2.99. The normalized spacial score (nSPS) is 6.00. The van der Waals surface area contributed by atoms with Crippen LogP contribution in [0.15, 0.2) is 0 Å². The molecule has 0 saturated carbocycles. The van der Waals surface area contributed by atoms with Crippen LogP contribution in [0.5, 0.6) is 0 Å². The lowest BCUT2D eigenvalue weighted by molar-refractivity contribution is 0.144. The predicted molar refractivity (Wildman–Crippen MR) is 44.7 cm³/mol. The zero-order valence-corrected chi connectivity index (χ0v) is 7.04. The molecular weight excluding hydrogens is 156 g/mol. The monoisotopic (exact) mass is 173 g/mol. The molecule has 0 amide bonds. The first kappa shape index (κ1) is 30.8. The molecule has 0 rings (SSSR count). The van der Waals surface area contributed by atoms with Crippen LogP contribution >= 0.6 is 0 Å². The van der Waals surface area contributed by atoms with Gasteiger partial charge in [-0.05, 0) is 13.3 Å². The van der Waals surface area contributed by atoms with E-state index in [1.165, 1.54) is 12.8 Å². The van der Waals surface area contributed by atoms with Crippen molar-refractivity contribution in [1.82, 2.24) is 0 Å². The number of halogens is 3. The molecule has 71 valence electrons. The van der Waals surface area contributed by atoms with Gasteiger partial charge in [0, 0.05) is 21.6 Å². The van der Waals surface area contributed by atoms with E-state index in [0.717, 1.165) is 13.2 Å². The minimum absolute atomic E-state index is 0. The maximum Gasteiger partial charge on any atom is 0.0465 e. The molecule has 1 nitrogen and oxygen atoms in total. The molecule has 3 radical (unpaired) electrons. The van der Waals surface area contributed by atoms with Crippen LogP contribution in [0.25, 0.3) is 0 Å². The van der Waals surface area contributed by atoms with Crippen LogP contribution < -0.4 is 0 Å². The fraction of sp³-hybridized carbons (Fsp3) is 1.00. The predicted octanol–water partition coefficient (Wildman–Crippen LogP) is 1.90. The molecule has 0 atom stereocenters. The highest BCUT2D eigenvalue weighted by molar-refractivity contribution is 5.75. The van der Waals surface area contributed by atoms with Crippen LogP contribution in [0.1, 0.15) is 26.7 Å². The minimum Gasteiger partial charge on any atom is -0.382 e. The Morgan fingerprint density at radius 1 is 1.00 bits per heavy atom. The number of unbranched alkanes of at least 4 members (excludes halogenated alkanes) is 1. The van der Waals surface area contributed by atoms with Gasteiger partial charge in [-0.15, -0.1) is 0 Å². The molecule has 0 heterocycles. The summed E-state index contributed by atoms with van der Waals surface area (Å²) in [6.45, 7) is 5.99. The second kappa shape index (κ2) is 32.9. The van der Waals surface area contributed by atoms with Crippen molar-refractivity contribution in [2.24, 2.45) is 0 Å². The second-order valence-electron chi connectivity index (χ2n) is 1.55. The highest BCUT2D eigenvalue weighted by atomic mass is 19.0. The van der Waals surface area contributed by atoms with Crippen LogP contribution in [0.4, 0.5) is 14.1 Å². The van der Waals surface area contributed by atoms with Crippen molar-refractivity contribution in [3.05, 3.63) is 0 Å². The van der Waals surface area contributed by atoms with E-state index >= 15 is 0 Å². The van der Waals surface area contributed by atoms with Gasteiger partial charge in [0.25, 0.3) is 0 Å². The molecule has 0 bridgehead atoms. The van der Waals surface area contributed by atoms with Crippen molar-refractivity contribution >= 4 is 8.41 Å². The minimum atomic E-state index is 0. The Labute approximate surface area is 68.2 Å². The molecule has 0 aliphatic heterocycles. The second-order valence-corrected chi connectivity index (χ2v) is 1.55. The topological polar surface area (TPSA) is 9.23 Å². The third kappa shape index (κ3) is 41.2. The van der Waals surface area contributed by atoms with E-state index in [-0.39, 0.29) is 22.5 Å². The van der Waals surface area contributed by atoms with Gasteiger partial charge >= 0.3 is 0 Å². The Hall–Kier alpha value is -0.185. The van der Waals surface area contributed by atoms with Gasteiger partial charge in [0.2, 0.25) is 0 Å². The van der Waals surface area contributed by atoms with Gasteiger partial charge in [-0.25, -0.2) is 0 Å².